The molecular weight excluding hydrogens is 346 g/mol. The van der Waals surface area contributed by atoms with Gasteiger partial charge >= 0.3 is 0 Å². The van der Waals surface area contributed by atoms with Crippen molar-refractivity contribution in [2.45, 2.75) is 25.8 Å². The van der Waals surface area contributed by atoms with Crippen LogP contribution in [0.1, 0.15) is 25.0 Å². The van der Waals surface area contributed by atoms with E-state index in [1.165, 1.54) is 18.2 Å². The molecule has 0 radical (unpaired) electrons. The number of aliphatic imine (C=N–C) groups is 1. The standard InChI is InChI=1S/C19H19N5O3/c1-19(2)11-12-6-3-4-9-15(12)16(21-19)17(18(20)25)23-22-13-7-5-8-14(10-13)24(26)27/h3-10,22H,11H2,1-2H3,(H2,20,25)/b23-17+. The molecule has 0 unspecified atom stereocenters. The molecule has 27 heavy (non-hydrogen) atoms. The summed E-state index contributed by atoms with van der Waals surface area (Å²) in [4.78, 5) is 27.1. The summed E-state index contributed by atoms with van der Waals surface area (Å²) in [5, 5.41) is 15.0. The number of primary amides is 1. The molecule has 1 heterocycles. The molecule has 8 nitrogen and oxygen atoms in total. The van der Waals surface area contributed by atoms with Crippen molar-refractivity contribution in [3.05, 3.63) is 69.8 Å². The number of nitrogens with zero attached hydrogens (tertiary/aromatic N) is 3. The van der Waals surface area contributed by atoms with Gasteiger partial charge in [0.05, 0.1) is 21.9 Å². The molecule has 0 atom stereocenters. The molecule has 138 valence electrons. The maximum Gasteiger partial charge on any atom is 0.271 e. The summed E-state index contributed by atoms with van der Waals surface area (Å²) in [5.41, 5.74) is 10.3. The van der Waals surface area contributed by atoms with Crippen molar-refractivity contribution in [2.24, 2.45) is 15.8 Å². The van der Waals surface area contributed by atoms with Crippen molar-refractivity contribution in [1.82, 2.24) is 0 Å². The van der Waals surface area contributed by atoms with Gasteiger partial charge < -0.3 is 5.73 Å². The topological polar surface area (TPSA) is 123 Å². The smallest absolute Gasteiger partial charge is 0.271 e. The lowest BCUT2D eigenvalue weighted by molar-refractivity contribution is -0.384. The van der Waals surface area contributed by atoms with Crippen molar-refractivity contribution >= 4 is 28.7 Å². The van der Waals surface area contributed by atoms with E-state index in [0.29, 0.717) is 11.4 Å². The first-order valence-corrected chi connectivity index (χ1v) is 8.33. The highest BCUT2D eigenvalue weighted by Crippen LogP contribution is 2.27. The summed E-state index contributed by atoms with van der Waals surface area (Å²) < 4.78 is 0. The highest BCUT2D eigenvalue weighted by Gasteiger charge is 2.30. The summed E-state index contributed by atoms with van der Waals surface area (Å²) in [6.07, 6.45) is 0.733. The predicted molar refractivity (Wildman–Crippen MR) is 104 cm³/mol. The maximum absolute atomic E-state index is 12.1. The van der Waals surface area contributed by atoms with Gasteiger partial charge in [-0.2, -0.15) is 5.10 Å². The highest BCUT2D eigenvalue weighted by molar-refractivity contribution is 6.70. The Labute approximate surface area is 156 Å². The quantitative estimate of drug-likeness (QED) is 0.480. The Morgan fingerprint density at radius 1 is 1.26 bits per heavy atom. The third-order valence-corrected chi connectivity index (χ3v) is 4.12. The zero-order valence-corrected chi connectivity index (χ0v) is 15.0. The van der Waals surface area contributed by atoms with E-state index in [-0.39, 0.29) is 11.4 Å². The van der Waals surface area contributed by atoms with E-state index in [4.69, 9.17) is 5.73 Å². The van der Waals surface area contributed by atoms with Crippen LogP contribution in [0.3, 0.4) is 0 Å². The van der Waals surface area contributed by atoms with Crippen LogP contribution in [-0.2, 0) is 11.2 Å². The number of rotatable bonds is 5. The molecule has 1 aliphatic heterocycles. The summed E-state index contributed by atoms with van der Waals surface area (Å²) in [7, 11) is 0. The van der Waals surface area contributed by atoms with Gasteiger partial charge in [-0.05, 0) is 31.9 Å². The van der Waals surface area contributed by atoms with E-state index in [1.54, 1.807) is 6.07 Å². The lowest BCUT2D eigenvalue weighted by atomic mass is 9.85. The first-order valence-electron chi connectivity index (χ1n) is 8.33. The number of carbonyl (C=O) groups excluding carboxylic acids is 1. The van der Waals surface area contributed by atoms with Crippen molar-refractivity contribution in [2.75, 3.05) is 5.43 Å². The summed E-state index contributed by atoms with van der Waals surface area (Å²) in [6.45, 7) is 3.94. The largest absolute Gasteiger partial charge is 0.364 e. The molecule has 1 aliphatic rings. The van der Waals surface area contributed by atoms with E-state index < -0.39 is 16.4 Å². The number of anilines is 1. The minimum atomic E-state index is -0.737. The second-order valence-corrected chi connectivity index (χ2v) is 6.85. The zero-order chi connectivity index (χ0) is 19.6. The molecule has 0 aromatic heterocycles. The molecule has 0 aliphatic carbocycles. The fourth-order valence-corrected chi connectivity index (χ4v) is 2.99. The van der Waals surface area contributed by atoms with Crippen LogP contribution in [0, 0.1) is 10.1 Å². The molecule has 2 aromatic rings. The fraction of sp³-hybridized carbons (Fsp3) is 0.211. The van der Waals surface area contributed by atoms with E-state index in [2.05, 4.69) is 15.5 Å². The fourth-order valence-electron chi connectivity index (χ4n) is 2.99. The molecule has 0 fully saturated rings. The third kappa shape index (κ3) is 4.00. The van der Waals surface area contributed by atoms with E-state index in [9.17, 15) is 14.9 Å². The van der Waals surface area contributed by atoms with Gasteiger partial charge in [0, 0.05) is 17.7 Å². The molecule has 8 heteroatoms. The number of hydrazone groups is 1. The number of nitrogens with two attached hydrogens (primary N) is 1. The number of hydrogen-bond acceptors (Lipinski definition) is 6. The van der Waals surface area contributed by atoms with Gasteiger partial charge in [-0.15, -0.1) is 0 Å². The minimum Gasteiger partial charge on any atom is -0.364 e. The molecular formula is C19H19N5O3. The van der Waals surface area contributed by atoms with E-state index in [1.807, 2.05) is 38.1 Å². The summed E-state index contributed by atoms with van der Waals surface area (Å²) in [6, 6.07) is 13.5. The Hall–Kier alpha value is -3.55. The second-order valence-electron chi connectivity index (χ2n) is 6.85. The molecule has 2 aromatic carbocycles. The monoisotopic (exact) mass is 365 g/mol. The Bertz CT molecular complexity index is 979. The van der Waals surface area contributed by atoms with Gasteiger partial charge in [-0.1, -0.05) is 30.3 Å². The van der Waals surface area contributed by atoms with Gasteiger partial charge in [-0.25, -0.2) is 0 Å². The number of nitro benzene ring substituents is 1. The molecule has 3 rings (SSSR count). The van der Waals surface area contributed by atoms with Crippen LogP contribution >= 0.6 is 0 Å². The SMILES string of the molecule is CC1(C)Cc2ccccc2C(/C(=N\Nc2cccc([N+](=O)[O-])c2)C(N)=O)=N1. The Balaban J connectivity index is 2.01. The average molecular weight is 365 g/mol. The van der Waals surface area contributed by atoms with Gasteiger partial charge in [0.25, 0.3) is 11.6 Å². The zero-order valence-electron chi connectivity index (χ0n) is 15.0. The number of nitro groups is 1. The average Bonchev–Trinajstić information content (AvgIpc) is 2.60. The molecule has 0 spiro atoms. The van der Waals surface area contributed by atoms with E-state index >= 15 is 0 Å². The molecule has 3 N–H and O–H groups in total. The predicted octanol–water partition coefficient (Wildman–Crippen LogP) is 2.67. The number of benzene rings is 2. The number of nitrogens with one attached hydrogen (secondary N) is 1. The second kappa shape index (κ2) is 6.99. The summed E-state index contributed by atoms with van der Waals surface area (Å²) in [5.74, 6) is -0.737. The number of amides is 1. The number of fused-ring (bicyclic) bond motifs is 1. The first-order chi connectivity index (χ1) is 12.8. The van der Waals surface area contributed by atoms with Gasteiger partial charge in [0.1, 0.15) is 0 Å². The van der Waals surface area contributed by atoms with Crippen molar-refractivity contribution in [3.8, 4) is 0 Å². The number of carbonyl (C=O) groups is 1. The van der Waals surface area contributed by atoms with Gasteiger partial charge in [0.15, 0.2) is 5.71 Å². The Kier molecular flexibility index (Phi) is 4.72. The molecule has 0 saturated carbocycles. The van der Waals surface area contributed by atoms with Crippen molar-refractivity contribution in [3.63, 3.8) is 0 Å². The van der Waals surface area contributed by atoms with Crippen LogP contribution in [0.2, 0.25) is 0 Å². The van der Waals surface area contributed by atoms with Crippen molar-refractivity contribution < 1.29 is 9.72 Å². The van der Waals surface area contributed by atoms with Crippen LogP contribution < -0.4 is 11.2 Å². The Morgan fingerprint density at radius 2 is 2.00 bits per heavy atom. The molecule has 0 bridgehead atoms. The molecule has 0 saturated heterocycles. The third-order valence-electron chi connectivity index (χ3n) is 4.12. The lowest BCUT2D eigenvalue weighted by Crippen LogP contribution is -2.38. The van der Waals surface area contributed by atoms with Crippen LogP contribution in [0.5, 0.6) is 0 Å². The van der Waals surface area contributed by atoms with Crippen LogP contribution in [0.4, 0.5) is 11.4 Å². The van der Waals surface area contributed by atoms with Crippen molar-refractivity contribution in [1.29, 1.82) is 0 Å². The minimum absolute atomic E-state index is 0.0262. The van der Waals surface area contributed by atoms with Crippen LogP contribution in [-0.4, -0.2) is 27.8 Å². The summed E-state index contributed by atoms with van der Waals surface area (Å²) >= 11 is 0. The number of hydrogen-bond donors (Lipinski definition) is 2. The Morgan fingerprint density at radius 3 is 2.70 bits per heavy atom. The van der Waals surface area contributed by atoms with Gasteiger partial charge in [-0.3, -0.25) is 25.3 Å². The first kappa shape index (κ1) is 18.2. The van der Waals surface area contributed by atoms with Crippen LogP contribution in [0.15, 0.2) is 58.6 Å². The number of non-ortho nitro benzene ring substituents is 1. The maximum atomic E-state index is 12.1. The van der Waals surface area contributed by atoms with Gasteiger partial charge in [0.2, 0.25) is 0 Å². The van der Waals surface area contributed by atoms with E-state index in [0.717, 1.165) is 17.5 Å². The molecule has 1 amide bonds. The highest BCUT2D eigenvalue weighted by atomic mass is 16.6. The van der Waals surface area contributed by atoms with Crippen LogP contribution in [0.25, 0.3) is 0 Å². The normalized spacial score (nSPS) is 15.5. The lowest BCUT2D eigenvalue weighted by Gasteiger charge is -2.28.